The molecule has 0 bridgehead atoms. The molecule has 1 aliphatic rings. The maximum Gasteiger partial charge on any atom is 0.245 e. The van der Waals surface area contributed by atoms with Crippen LogP contribution in [0, 0.1) is 0 Å². The van der Waals surface area contributed by atoms with Crippen LogP contribution in [-0.2, 0) is 16.0 Å². The number of para-hydroxylation sites is 1. The molecule has 0 aliphatic carbocycles. The van der Waals surface area contributed by atoms with Crippen molar-refractivity contribution in [1.29, 1.82) is 0 Å². The molecule has 1 saturated heterocycles. The lowest BCUT2D eigenvalue weighted by molar-refractivity contribution is -0.148. The summed E-state index contributed by atoms with van der Waals surface area (Å²) in [7, 11) is 1.63. The first kappa shape index (κ1) is 15.4. The number of nitrogens with zero attached hydrogens (tertiary/aromatic N) is 1. The first-order valence-electron chi connectivity index (χ1n) is 7.31. The lowest BCUT2D eigenvalue weighted by Gasteiger charge is -2.37. The van der Waals surface area contributed by atoms with Gasteiger partial charge in [0.05, 0.1) is 7.11 Å². The summed E-state index contributed by atoms with van der Waals surface area (Å²) in [5, 5.41) is 2.73. The Morgan fingerprint density at radius 3 is 2.67 bits per heavy atom. The third-order valence-corrected chi connectivity index (χ3v) is 3.89. The van der Waals surface area contributed by atoms with Gasteiger partial charge in [0.15, 0.2) is 0 Å². The third kappa shape index (κ3) is 3.17. The van der Waals surface area contributed by atoms with Crippen molar-refractivity contribution in [3.8, 4) is 5.75 Å². The summed E-state index contributed by atoms with van der Waals surface area (Å²) in [6, 6.07) is 6.93. The lowest BCUT2D eigenvalue weighted by atomic mass is 10.0. The SMILES string of the molecule is CCC1C(=O)NC(C)C(=O)N1CCc1ccccc1OC. The highest BCUT2D eigenvalue weighted by atomic mass is 16.5. The summed E-state index contributed by atoms with van der Waals surface area (Å²) in [5.41, 5.74) is 1.04. The molecule has 0 saturated carbocycles. The number of rotatable bonds is 5. The average Bonchev–Trinajstić information content (AvgIpc) is 2.49. The summed E-state index contributed by atoms with van der Waals surface area (Å²) in [4.78, 5) is 26.0. The number of benzene rings is 1. The number of hydrogen-bond donors (Lipinski definition) is 1. The van der Waals surface area contributed by atoms with E-state index in [1.165, 1.54) is 0 Å². The Kier molecular flexibility index (Phi) is 4.83. The number of hydrogen-bond acceptors (Lipinski definition) is 3. The Morgan fingerprint density at radius 1 is 1.29 bits per heavy atom. The van der Waals surface area contributed by atoms with Crippen LogP contribution in [-0.4, -0.2) is 42.5 Å². The summed E-state index contributed by atoms with van der Waals surface area (Å²) in [6.45, 7) is 4.17. The van der Waals surface area contributed by atoms with Gasteiger partial charge in [0.25, 0.3) is 0 Å². The van der Waals surface area contributed by atoms with Crippen LogP contribution in [0.25, 0.3) is 0 Å². The van der Waals surface area contributed by atoms with E-state index in [1.54, 1.807) is 18.9 Å². The number of carbonyl (C=O) groups is 2. The van der Waals surface area contributed by atoms with Gasteiger partial charge in [0.2, 0.25) is 11.8 Å². The molecule has 0 spiro atoms. The highest BCUT2D eigenvalue weighted by Gasteiger charge is 2.37. The number of piperazine rings is 1. The Hall–Kier alpha value is -2.04. The molecule has 1 aromatic carbocycles. The molecule has 2 rings (SSSR count). The molecule has 1 aromatic rings. The fourth-order valence-electron chi connectivity index (χ4n) is 2.74. The molecule has 0 radical (unpaired) electrons. The van der Waals surface area contributed by atoms with Crippen molar-refractivity contribution in [1.82, 2.24) is 10.2 Å². The molecule has 1 N–H and O–H groups in total. The van der Waals surface area contributed by atoms with E-state index in [-0.39, 0.29) is 17.9 Å². The van der Waals surface area contributed by atoms with Crippen molar-refractivity contribution in [2.45, 2.75) is 38.8 Å². The second-order valence-corrected chi connectivity index (χ2v) is 5.25. The molecule has 1 fully saturated rings. The zero-order valence-electron chi connectivity index (χ0n) is 12.8. The highest BCUT2D eigenvalue weighted by molar-refractivity contribution is 5.96. The Balaban J connectivity index is 2.12. The van der Waals surface area contributed by atoms with Gasteiger partial charge in [0.1, 0.15) is 17.8 Å². The van der Waals surface area contributed by atoms with E-state index in [1.807, 2.05) is 31.2 Å². The van der Waals surface area contributed by atoms with Gasteiger partial charge in [-0.15, -0.1) is 0 Å². The molecular formula is C16H22N2O3. The average molecular weight is 290 g/mol. The van der Waals surface area contributed by atoms with Gasteiger partial charge in [0, 0.05) is 6.54 Å². The molecule has 2 atom stereocenters. The topological polar surface area (TPSA) is 58.6 Å². The Bertz CT molecular complexity index is 530. The van der Waals surface area contributed by atoms with Crippen LogP contribution < -0.4 is 10.1 Å². The van der Waals surface area contributed by atoms with E-state index >= 15 is 0 Å². The number of nitrogens with one attached hydrogen (secondary N) is 1. The molecule has 2 unspecified atom stereocenters. The monoisotopic (exact) mass is 290 g/mol. The van der Waals surface area contributed by atoms with Gasteiger partial charge in [-0.25, -0.2) is 0 Å². The van der Waals surface area contributed by atoms with E-state index in [0.29, 0.717) is 19.4 Å². The van der Waals surface area contributed by atoms with Crippen LogP contribution in [0.4, 0.5) is 0 Å². The number of amides is 2. The van der Waals surface area contributed by atoms with Crippen LogP contribution in [0.5, 0.6) is 5.75 Å². The molecule has 1 aliphatic heterocycles. The molecule has 114 valence electrons. The van der Waals surface area contributed by atoms with Gasteiger partial charge in [-0.1, -0.05) is 25.1 Å². The maximum atomic E-state index is 12.3. The van der Waals surface area contributed by atoms with Crippen molar-refractivity contribution < 1.29 is 14.3 Å². The van der Waals surface area contributed by atoms with Crippen LogP contribution in [0.1, 0.15) is 25.8 Å². The summed E-state index contributed by atoms with van der Waals surface area (Å²) in [5.74, 6) is 0.730. The summed E-state index contributed by atoms with van der Waals surface area (Å²) >= 11 is 0. The van der Waals surface area contributed by atoms with E-state index < -0.39 is 6.04 Å². The lowest BCUT2D eigenvalue weighted by Crippen LogP contribution is -2.62. The van der Waals surface area contributed by atoms with E-state index in [0.717, 1.165) is 11.3 Å². The zero-order chi connectivity index (χ0) is 15.4. The second kappa shape index (κ2) is 6.61. The van der Waals surface area contributed by atoms with E-state index in [2.05, 4.69) is 5.32 Å². The van der Waals surface area contributed by atoms with Gasteiger partial charge >= 0.3 is 0 Å². The van der Waals surface area contributed by atoms with Crippen molar-refractivity contribution in [3.63, 3.8) is 0 Å². The van der Waals surface area contributed by atoms with Crippen LogP contribution in [0.3, 0.4) is 0 Å². The quantitative estimate of drug-likeness (QED) is 0.891. The van der Waals surface area contributed by atoms with Crippen LogP contribution in [0.2, 0.25) is 0 Å². The Morgan fingerprint density at radius 2 is 2.00 bits per heavy atom. The zero-order valence-corrected chi connectivity index (χ0v) is 12.8. The van der Waals surface area contributed by atoms with Crippen molar-refractivity contribution in [2.24, 2.45) is 0 Å². The van der Waals surface area contributed by atoms with Crippen LogP contribution >= 0.6 is 0 Å². The predicted molar refractivity (Wildman–Crippen MR) is 80.1 cm³/mol. The van der Waals surface area contributed by atoms with Gasteiger partial charge in [-0.05, 0) is 31.4 Å². The smallest absolute Gasteiger partial charge is 0.245 e. The number of carbonyl (C=O) groups excluding carboxylic acids is 2. The minimum Gasteiger partial charge on any atom is -0.496 e. The highest BCUT2D eigenvalue weighted by Crippen LogP contribution is 2.20. The normalized spacial score (nSPS) is 22.1. The Labute approximate surface area is 125 Å². The third-order valence-electron chi connectivity index (χ3n) is 3.89. The van der Waals surface area contributed by atoms with Crippen molar-refractivity contribution in [2.75, 3.05) is 13.7 Å². The first-order valence-corrected chi connectivity index (χ1v) is 7.31. The molecule has 0 aromatic heterocycles. The summed E-state index contributed by atoms with van der Waals surface area (Å²) in [6.07, 6.45) is 1.29. The van der Waals surface area contributed by atoms with Gasteiger partial charge < -0.3 is 15.0 Å². The van der Waals surface area contributed by atoms with Gasteiger partial charge in [-0.3, -0.25) is 9.59 Å². The molecule has 5 heteroatoms. The molecule has 21 heavy (non-hydrogen) atoms. The maximum absolute atomic E-state index is 12.3. The van der Waals surface area contributed by atoms with Gasteiger partial charge in [-0.2, -0.15) is 0 Å². The molecule has 5 nitrogen and oxygen atoms in total. The van der Waals surface area contributed by atoms with Crippen molar-refractivity contribution in [3.05, 3.63) is 29.8 Å². The second-order valence-electron chi connectivity index (χ2n) is 5.25. The molecular weight excluding hydrogens is 268 g/mol. The molecule has 2 amide bonds. The largest absolute Gasteiger partial charge is 0.496 e. The fraction of sp³-hybridized carbons (Fsp3) is 0.500. The van der Waals surface area contributed by atoms with E-state index in [4.69, 9.17) is 4.74 Å². The number of methoxy groups -OCH3 is 1. The standard InChI is InChI=1S/C16H22N2O3/c1-4-13-15(19)17-11(2)16(20)18(13)10-9-12-7-5-6-8-14(12)21-3/h5-8,11,13H,4,9-10H2,1-3H3,(H,17,19). The molecule has 1 heterocycles. The number of ether oxygens (including phenoxy) is 1. The van der Waals surface area contributed by atoms with E-state index in [9.17, 15) is 9.59 Å². The van der Waals surface area contributed by atoms with Crippen molar-refractivity contribution >= 4 is 11.8 Å². The minimum atomic E-state index is -0.446. The first-order chi connectivity index (χ1) is 10.1. The van der Waals surface area contributed by atoms with Crippen LogP contribution in [0.15, 0.2) is 24.3 Å². The minimum absolute atomic E-state index is 0.0173. The summed E-state index contributed by atoms with van der Waals surface area (Å²) < 4.78 is 5.32. The fourth-order valence-corrected chi connectivity index (χ4v) is 2.74. The predicted octanol–water partition coefficient (Wildman–Crippen LogP) is 1.36.